The van der Waals surface area contributed by atoms with Crippen molar-refractivity contribution in [3.63, 3.8) is 0 Å². The average molecular weight is 284 g/mol. The fourth-order valence-electron chi connectivity index (χ4n) is 1.95. The summed E-state index contributed by atoms with van der Waals surface area (Å²) < 4.78 is 51.9. The van der Waals surface area contributed by atoms with Gasteiger partial charge in [0.25, 0.3) is 0 Å². The summed E-state index contributed by atoms with van der Waals surface area (Å²) in [5.74, 6) is 4.62. The molecule has 2 rings (SSSR count). The lowest BCUT2D eigenvalue weighted by molar-refractivity contribution is -0.137. The first-order valence-electron chi connectivity index (χ1n) is 5.81. The summed E-state index contributed by atoms with van der Waals surface area (Å²) in [5.41, 5.74) is 1.87. The molecule has 106 valence electrons. The Kier molecular flexibility index (Phi) is 4.06. The summed E-state index contributed by atoms with van der Waals surface area (Å²) in [6.07, 6.45) is -4.53. The summed E-state index contributed by atoms with van der Waals surface area (Å²) >= 11 is 0. The molecule has 0 radical (unpaired) electrons. The maximum Gasteiger partial charge on any atom is 0.416 e. The largest absolute Gasteiger partial charge is 0.416 e. The van der Waals surface area contributed by atoms with Crippen molar-refractivity contribution in [2.45, 2.75) is 12.2 Å². The van der Waals surface area contributed by atoms with Crippen LogP contribution in [0.25, 0.3) is 0 Å². The molecule has 1 atom stereocenters. The zero-order valence-corrected chi connectivity index (χ0v) is 10.3. The van der Waals surface area contributed by atoms with Gasteiger partial charge in [-0.1, -0.05) is 30.3 Å². The molecule has 2 nitrogen and oxygen atoms in total. The van der Waals surface area contributed by atoms with Gasteiger partial charge in [-0.3, -0.25) is 5.84 Å². The van der Waals surface area contributed by atoms with Crippen molar-refractivity contribution in [3.8, 4) is 0 Å². The van der Waals surface area contributed by atoms with E-state index < -0.39 is 23.6 Å². The molecular weight excluding hydrogens is 272 g/mol. The van der Waals surface area contributed by atoms with Crippen LogP contribution in [0.2, 0.25) is 0 Å². The van der Waals surface area contributed by atoms with E-state index in [-0.39, 0.29) is 5.56 Å². The number of nitrogens with two attached hydrogens (primary N) is 1. The third-order valence-corrected chi connectivity index (χ3v) is 2.93. The lowest BCUT2D eigenvalue weighted by atomic mass is 9.97. The van der Waals surface area contributed by atoms with E-state index in [1.54, 1.807) is 30.3 Å². The first-order valence-corrected chi connectivity index (χ1v) is 5.81. The molecule has 0 aliphatic rings. The van der Waals surface area contributed by atoms with Crippen molar-refractivity contribution in [1.29, 1.82) is 0 Å². The maximum atomic E-state index is 13.8. The van der Waals surface area contributed by atoms with Gasteiger partial charge in [0.2, 0.25) is 0 Å². The smallest absolute Gasteiger partial charge is 0.271 e. The molecule has 0 aliphatic carbocycles. The van der Waals surface area contributed by atoms with Crippen LogP contribution in [-0.2, 0) is 6.18 Å². The Morgan fingerprint density at radius 3 is 2.20 bits per heavy atom. The second-order valence-corrected chi connectivity index (χ2v) is 4.24. The Morgan fingerprint density at radius 1 is 1.00 bits per heavy atom. The van der Waals surface area contributed by atoms with E-state index in [0.717, 1.165) is 12.1 Å². The van der Waals surface area contributed by atoms with Crippen LogP contribution < -0.4 is 11.3 Å². The Hall–Kier alpha value is -1.92. The Bertz CT molecular complexity index is 581. The molecule has 6 heteroatoms. The van der Waals surface area contributed by atoms with Gasteiger partial charge in [0.15, 0.2) is 0 Å². The number of rotatable bonds is 3. The van der Waals surface area contributed by atoms with E-state index >= 15 is 0 Å². The molecule has 0 unspecified atom stereocenters. The minimum atomic E-state index is -4.53. The lowest BCUT2D eigenvalue weighted by Crippen LogP contribution is -2.29. The third-order valence-electron chi connectivity index (χ3n) is 2.93. The minimum absolute atomic E-state index is 0.145. The monoisotopic (exact) mass is 284 g/mol. The molecule has 0 spiro atoms. The van der Waals surface area contributed by atoms with Gasteiger partial charge in [0.1, 0.15) is 5.82 Å². The Labute approximate surface area is 113 Å². The normalized spacial score (nSPS) is 13.2. The zero-order chi connectivity index (χ0) is 14.8. The van der Waals surface area contributed by atoms with Crippen LogP contribution >= 0.6 is 0 Å². The van der Waals surface area contributed by atoms with Gasteiger partial charge in [-0.05, 0) is 23.8 Å². The second kappa shape index (κ2) is 5.60. The summed E-state index contributed by atoms with van der Waals surface area (Å²) in [4.78, 5) is 0. The van der Waals surface area contributed by atoms with Gasteiger partial charge in [0, 0.05) is 5.56 Å². The van der Waals surface area contributed by atoms with Gasteiger partial charge < -0.3 is 0 Å². The molecule has 20 heavy (non-hydrogen) atoms. The van der Waals surface area contributed by atoms with Gasteiger partial charge in [-0.15, -0.1) is 0 Å². The first-order chi connectivity index (χ1) is 9.43. The molecule has 0 aromatic heterocycles. The molecule has 0 saturated carbocycles. The summed E-state index contributed by atoms with van der Waals surface area (Å²) in [6.45, 7) is 0. The molecular formula is C14H12F4N2. The molecule has 0 amide bonds. The summed E-state index contributed by atoms with van der Waals surface area (Å²) in [7, 11) is 0. The summed E-state index contributed by atoms with van der Waals surface area (Å²) in [6, 6.07) is 9.89. The van der Waals surface area contributed by atoms with E-state index in [1.807, 2.05) is 0 Å². The molecule has 2 aromatic rings. The number of nitrogens with one attached hydrogen (secondary N) is 1. The lowest BCUT2D eigenvalue weighted by Gasteiger charge is -2.19. The SMILES string of the molecule is NN[C@H](c1ccccc1)c1cc(C(F)(F)F)ccc1F. The van der Waals surface area contributed by atoms with Crippen LogP contribution in [0.15, 0.2) is 48.5 Å². The quantitative estimate of drug-likeness (QED) is 0.515. The van der Waals surface area contributed by atoms with Crippen molar-refractivity contribution >= 4 is 0 Å². The summed E-state index contributed by atoms with van der Waals surface area (Å²) in [5, 5.41) is 0. The van der Waals surface area contributed by atoms with Crippen LogP contribution in [0.4, 0.5) is 17.6 Å². The molecule has 0 aliphatic heterocycles. The highest BCUT2D eigenvalue weighted by Crippen LogP contribution is 2.33. The van der Waals surface area contributed by atoms with Crippen LogP contribution in [0.3, 0.4) is 0 Å². The number of hydrogen-bond acceptors (Lipinski definition) is 2. The maximum absolute atomic E-state index is 13.8. The topological polar surface area (TPSA) is 38.0 Å². The third kappa shape index (κ3) is 2.97. The standard InChI is InChI=1S/C14H12F4N2/c15-12-7-6-10(14(16,17)18)8-11(12)13(20-19)9-4-2-1-3-5-9/h1-8,13,20H,19H2/t13-/m1/s1. The fourth-order valence-corrected chi connectivity index (χ4v) is 1.95. The van der Waals surface area contributed by atoms with Crippen LogP contribution in [0.5, 0.6) is 0 Å². The van der Waals surface area contributed by atoms with E-state index in [4.69, 9.17) is 5.84 Å². The van der Waals surface area contributed by atoms with Gasteiger partial charge in [0.05, 0.1) is 11.6 Å². The zero-order valence-electron chi connectivity index (χ0n) is 10.3. The molecule has 0 saturated heterocycles. The molecule has 0 heterocycles. The van der Waals surface area contributed by atoms with Gasteiger partial charge in [-0.25, -0.2) is 9.82 Å². The van der Waals surface area contributed by atoms with Crippen LogP contribution in [0.1, 0.15) is 22.7 Å². The first kappa shape index (κ1) is 14.5. The molecule has 3 N–H and O–H groups in total. The Balaban J connectivity index is 2.50. The van der Waals surface area contributed by atoms with Crippen molar-refractivity contribution in [2.75, 3.05) is 0 Å². The highest BCUT2D eigenvalue weighted by Gasteiger charge is 2.32. The number of hydrazine groups is 1. The molecule has 0 bridgehead atoms. The second-order valence-electron chi connectivity index (χ2n) is 4.24. The number of halogens is 4. The van der Waals surface area contributed by atoms with Crippen molar-refractivity contribution in [1.82, 2.24) is 5.43 Å². The van der Waals surface area contributed by atoms with Gasteiger partial charge in [-0.2, -0.15) is 13.2 Å². The van der Waals surface area contributed by atoms with Crippen LogP contribution in [0, 0.1) is 5.82 Å². The molecule has 0 fully saturated rings. The fraction of sp³-hybridized carbons (Fsp3) is 0.143. The van der Waals surface area contributed by atoms with E-state index in [9.17, 15) is 17.6 Å². The highest BCUT2D eigenvalue weighted by atomic mass is 19.4. The predicted octanol–water partition coefficient (Wildman–Crippen LogP) is 3.40. The Morgan fingerprint density at radius 2 is 1.65 bits per heavy atom. The average Bonchev–Trinajstić information content (AvgIpc) is 2.41. The highest BCUT2D eigenvalue weighted by molar-refractivity contribution is 5.36. The van der Waals surface area contributed by atoms with Crippen molar-refractivity contribution in [3.05, 3.63) is 71.0 Å². The van der Waals surface area contributed by atoms with Crippen LogP contribution in [-0.4, -0.2) is 0 Å². The predicted molar refractivity (Wildman–Crippen MR) is 67.0 cm³/mol. The number of benzene rings is 2. The van der Waals surface area contributed by atoms with E-state index in [1.165, 1.54) is 0 Å². The van der Waals surface area contributed by atoms with Crippen molar-refractivity contribution in [2.24, 2.45) is 5.84 Å². The van der Waals surface area contributed by atoms with Crippen molar-refractivity contribution < 1.29 is 17.6 Å². The van der Waals surface area contributed by atoms with Gasteiger partial charge >= 0.3 is 6.18 Å². The van der Waals surface area contributed by atoms with E-state index in [2.05, 4.69) is 5.43 Å². The number of hydrogen-bond donors (Lipinski definition) is 2. The minimum Gasteiger partial charge on any atom is -0.271 e. The molecule has 2 aromatic carbocycles. The van der Waals surface area contributed by atoms with E-state index in [0.29, 0.717) is 11.6 Å². The number of alkyl halides is 3.